The summed E-state index contributed by atoms with van der Waals surface area (Å²) in [6.07, 6.45) is 3.29. The lowest BCUT2D eigenvalue weighted by Gasteiger charge is -2.35. The number of rotatable bonds is 9. The predicted octanol–water partition coefficient (Wildman–Crippen LogP) is 1.26. The van der Waals surface area contributed by atoms with Crippen LogP contribution in [-0.4, -0.2) is 71.6 Å². The predicted molar refractivity (Wildman–Crippen MR) is 137 cm³/mol. The first-order valence-corrected chi connectivity index (χ1v) is 13.1. The highest BCUT2D eigenvalue weighted by molar-refractivity contribution is 5.99. The number of nitrogens with one attached hydrogen (secondary N) is 3. The van der Waals surface area contributed by atoms with Gasteiger partial charge >= 0.3 is 0 Å². The number of nitrogens with zero attached hydrogens (tertiary/aromatic N) is 1. The molecule has 3 rings (SSSR count). The maximum absolute atomic E-state index is 13.7. The zero-order valence-electron chi connectivity index (χ0n) is 21.9. The van der Waals surface area contributed by atoms with Crippen LogP contribution in [0.2, 0.25) is 0 Å². The lowest BCUT2D eigenvalue weighted by atomic mass is 9.94. The van der Waals surface area contributed by atoms with Gasteiger partial charge in [-0.25, -0.2) is 0 Å². The number of benzene rings is 1. The minimum absolute atomic E-state index is 0.226. The second kappa shape index (κ2) is 12.7. The zero-order chi connectivity index (χ0) is 27.0. The Morgan fingerprint density at radius 1 is 1.05 bits per heavy atom. The SMILES string of the molecule is CCOc1ccc(CC2NC(=O)[C@](C)(CC)NC(=O)[C@H](CCCC=O)NC(=O)[C@H]3CCCN3C2=O)cc1. The molecule has 2 aliphatic heterocycles. The highest BCUT2D eigenvalue weighted by Crippen LogP contribution is 2.22. The van der Waals surface area contributed by atoms with E-state index in [4.69, 9.17) is 4.74 Å². The highest BCUT2D eigenvalue weighted by atomic mass is 16.5. The number of amides is 4. The molecule has 4 atom stereocenters. The summed E-state index contributed by atoms with van der Waals surface area (Å²) in [6, 6.07) is 4.76. The van der Waals surface area contributed by atoms with Crippen LogP contribution in [0, 0.1) is 0 Å². The normalized spacial score (nSPS) is 26.8. The summed E-state index contributed by atoms with van der Waals surface area (Å²) in [5, 5.41) is 8.46. The van der Waals surface area contributed by atoms with E-state index in [1.807, 2.05) is 31.2 Å². The van der Waals surface area contributed by atoms with E-state index in [1.165, 1.54) is 4.90 Å². The minimum Gasteiger partial charge on any atom is -0.494 e. The quantitative estimate of drug-likeness (QED) is 0.336. The summed E-state index contributed by atoms with van der Waals surface area (Å²) in [5.74, 6) is -0.981. The molecule has 0 aliphatic carbocycles. The lowest BCUT2D eigenvalue weighted by Crippen LogP contribution is -2.65. The summed E-state index contributed by atoms with van der Waals surface area (Å²) in [7, 11) is 0. The molecule has 0 saturated carbocycles. The molecule has 10 heteroatoms. The molecule has 2 fully saturated rings. The number of unbranched alkanes of at least 4 members (excludes halogenated alkanes) is 1. The Morgan fingerprint density at radius 2 is 1.78 bits per heavy atom. The lowest BCUT2D eigenvalue weighted by molar-refractivity contribution is -0.144. The van der Waals surface area contributed by atoms with E-state index < -0.39 is 41.4 Å². The Hall–Kier alpha value is -3.43. The number of ether oxygens (including phenoxy) is 1. The number of carbonyl (C=O) groups is 5. The summed E-state index contributed by atoms with van der Waals surface area (Å²) in [4.78, 5) is 66.0. The van der Waals surface area contributed by atoms with Crippen LogP contribution in [-0.2, 0) is 30.4 Å². The molecule has 4 amide bonds. The van der Waals surface area contributed by atoms with Gasteiger partial charge < -0.3 is 30.4 Å². The van der Waals surface area contributed by atoms with Crippen molar-refractivity contribution in [1.82, 2.24) is 20.9 Å². The van der Waals surface area contributed by atoms with E-state index in [-0.39, 0.29) is 31.6 Å². The second-order valence-electron chi connectivity index (χ2n) is 9.83. The van der Waals surface area contributed by atoms with E-state index in [0.29, 0.717) is 38.2 Å². The second-order valence-corrected chi connectivity index (χ2v) is 9.83. The fraction of sp³-hybridized carbons (Fsp3) is 0.593. The van der Waals surface area contributed by atoms with Crippen LogP contribution in [0.15, 0.2) is 24.3 Å². The first kappa shape index (κ1) is 28.1. The van der Waals surface area contributed by atoms with Crippen molar-refractivity contribution in [1.29, 1.82) is 0 Å². The number of aldehydes is 1. The van der Waals surface area contributed by atoms with Crippen molar-refractivity contribution in [2.75, 3.05) is 13.2 Å². The van der Waals surface area contributed by atoms with Crippen molar-refractivity contribution >= 4 is 29.9 Å². The van der Waals surface area contributed by atoms with Gasteiger partial charge in [-0.3, -0.25) is 19.2 Å². The molecule has 0 spiro atoms. The topological polar surface area (TPSA) is 134 Å². The van der Waals surface area contributed by atoms with Gasteiger partial charge in [-0.2, -0.15) is 0 Å². The molecule has 202 valence electrons. The van der Waals surface area contributed by atoms with Crippen molar-refractivity contribution in [3.63, 3.8) is 0 Å². The summed E-state index contributed by atoms with van der Waals surface area (Å²) in [6.45, 7) is 6.19. The largest absolute Gasteiger partial charge is 0.494 e. The number of carbonyl (C=O) groups excluding carboxylic acids is 5. The van der Waals surface area contributed by atoms with Crippen LogP contribution in [0.1, 0.15) is 64.9 Å². The number of fused-ring (bicyclic) bond motifs is 1. The Labute approximate surface area is 217 Å². The molecule has 0 aromatic heterocycles. The van der Waals surface area contributed by atoms with Crippen molar-refractivity contribution in [3.05, 3.63) is 29.8 Å². The molecule has 2 aliphatic rings. The van der Waals surface area contributed by atoms with E-state index in [9.17, 15) is 24.0 Å². The fourth-order valence-corrected chi connectivity index (χ4v) is 4.75. The Kier molecular flexibility index (Phi) is 9.66. The van der Waals surface area contributed by atoms with Gasteiger partial charge in [-0.05, 0) is 63.6 Å². The van der Waals surface area contributed by atoms with Gasteiger partial charge in [-0.1, -0.05) is 19.1 Å². The van der Waals surface area contributed by atoms with E-state index in [0.717, 1.165) is 11.8 Å². The van der Waals surface area contributed by atoms with Gasteiger partial charge in [0.2, 0.25) is 23.6 Å². The Bertz CT molecular complexity index is 997. The van der Waals surface area contributed by atoms with Crippen molar-refractivity contribution in [2.24, 2.45) is 0 Å². The molecule has 37 heavy (non-hydrogen) atoms. The van der Waals surface area contributed by atoms with E-state index in [2.05, 4.69) is 16.0 Å². The monoisotopic (exact) mass is 514 g/mol. The molecule has 1 unspecified atom stereocenters. The smallest absolute Gasteiger partial charge is 0.246 e. The average Bonchev–Trinajstić information content (AvgIpc) is 3.38. The van der Waals surface area contributed by atoms with Crippen molar-refractivity contribution in [3.8, 4) is 5.75 Å². The molecule has 2 heterocycles. The third kappa shape index (κ3) is 6.87. The number of hydrogen-bond donors (Lipinski definition) is 3. The first-order valence-electron chi connectivity index (χ1n) is 13.1. The Morgan fingerprint density at radius 3 is 2.43 bits per heavy atom. The van der Waals surface area contributed by atoms with Gasteiger partial charge in [0, 0.05) is 19.4 Å². The maximum atomic E-state index is 13.7. The fourth-order valence-electron chi connectivity index (χ4n) is 4.75. The van der Waals surface area contributed by atoms with Crippen LogP contribution in [0.4, 0.5) is 0 Å². The summed E-state index contributed by atoms with van der Waals surface area (Å²) in [5.41, 5.74) is -0.474. The molecule has 0 bridgehead atoms. The van der Waals surface area contributed by atoms with Crippen molar-refractivity contribution < 1.29 is 28.7 Å². The van der Waals surface area contributed by atoms with Crippen LogP contribution in [0.25, 0.3) is 0 Å². The average molecular weight is 515 g/mol. The third-order valence-corrected chi connectivity index (χ3v) is 7.17. The first-order chi connectivity index (χ1) is 17.7. The molecule has 1 aromatic carbocycles. The summed E-state index contributed by atoms with van der Waals surface area (Å²) >= 11 is 0. The highest BCUT2D eigenvalue weighted by Gasteiger charge is 2.43. The maximum Gasteiger partial charge on any atom is 0.246 e. The van der Waals surface area contributed by atoms with Gasteiger partial charge in [0.05, 0.1) is 6.61 Å². The molecule has 0 radical (unpaired) electrons. The van der Waals surface area contributed by atoms with Gasteiger partial charge in [0.25, 0.3) is 0 Å². The van der Waals surface area contributed by atoms with E-state index in [1.54, 1.807) is 13.8 Å². The molecular weight excluding hydrogens is 476 g/mol. The van der Waals surface area contributed by atoms with Gasteiger partial charge in [0.15, 0.2) is 0 Å². The van der Waals surface area contributed by atoms with Crippen LogP contribution < -0.4 is 20.7 Å². The standard InChI is InChI=1S/C27H38N4O6/c1-4-27(3)26(36)29-21(17-18-11-13-19(14-12-18)37-5-2)25(35)31-15-8-10-22(31)24(34)28-20(23(33)30-27)9-6-7-16-32/h11-14,16,20-22H,4-10,15,17H2,1-3H3,(H,28,34)(H,29,36)(H,30,33)/t20-,21?,22+,27-/m0/s1. The van der Waals surface area contributed by atoms with E-state index >= 15 is 0 Å². The van der Waals surface area contributed by atoms with Crippen LogP contribution in [0.5, 0.6) is 5.75 Å². The minimum atomic E-state index is -1.30. The van der Waals surface area contributed by atoms with Crippen molar-refractivity contribution in [2.45, 2.75) is 89.4 Å². The zero-order valence-corrected chi connectivity index (χ0v) is 21.9. The summed E-state index contributed by atoms with van der Waals surface area (Å²) < 4.78 is 5.49. The van der Waals surface area contributed by atoms with Crippen LogP contribution >= 0.6 is 0 Å². The molecule has 2 saturated heterocycles. The van der Waals surface area contributed by atoms with Gasteiger partial charge in [0.1, 0.15) is 35.7 Å². The number of hydrogen-bond acceptors (Lipinski definition) is 6. The molecular formula is C27H38N4O6. The Balaban J connectivity index is 1.93. The molecule has 3 N–H and O–H groups in total. The molecule has 10 nitrogen and oxygen atoms in total. The van der Waals surface area contributed by atoms with Crippen LogP contribution in [0.3, 0.4) is 0 Å². The van der Waals surface area contributed by atoms with Gasteiger partial charge in [-0.15, -0.1) is 0 Å². The third-order valence-electron chi connectivity index (χ3n) is 7.17. The molecule has 1 aromatic rings.